The molecule has 1 N–H and O–H groups in total. The third-order valence-corrected chi connectivity index (χ3v) is 4.11. The molecule has 0 bridgehead atoms. The van der Waals surface area contributed by atoms with Gasteiger partial charge >= 0.3 is 0 Å². The number of carbonyl (C=O) groups excluding carboxylic acids is 1. The molecule has 2 aromatic carbocycles. The van der Waals surface area contributed by atoms with E-state index in [1.807, 2.05) is 25.1 Å². The summed E-state index contributed by atoms with van der Waals surface area (Å²) in [7, 11) is 0. The number of nitrogens with zero attached hydrogens (tertiary/aromatic N) is 2. The van der Waals surface area contributed by atoms with Crippen LogP contribution >= 0.6 is 23.2 Å². The van der Waals surface area contributed by atoms with Crippen molar-refractivity contribution in [3.8, 4) is 5.69 Å². The van der Waals surface area contributed by atoms with E-state index in [0.717, 1.165) is 11.3 Å². The van der Waals surface area contributed by atoms with Crippen molar-refractivity contribution in [3.05, 3.63) is 76.0 Å². The number of hydrogen-bond donors (Lipinski definition) is 1. The van der Waals surface area contributed by atoms with E-state index in [4.69, 9.17) is 23.2 Å². The average Bonchev–Trinajstić information content (AvgIpc) is 3.02. The lowest BCUT2D eigenvalue weighted by atomic mass is 10.2. The molecule has 6 heteroatoms. The van der Waals surface area contributed by atoms with Crippen molar-refractivity contribution in [1.82, 2.24) is 9.78 Å². The Balaban J connectivity index is 1.81. The van der Waals surface area contributed by atoms with Gasteiger partial charge in [-0.2, -0.15) is 5.10 Å². The monoisotopic (exact) mass is 345 g/mol. The molecule has 116 valence electrons. The van der Waals surface area contributed by atoms with Gasteiger partial charge in [0.15, 0.2) is 0 Å². The fourth-order valence-electron chi connectivity index (χ4n) is 2.11. The van der Waals surface area contributed by atoms with Crippen LogP contribution in [0, 0.1) is 6.92 Å². The molecule has 1 amide bonds. The summed E-state index contributed by atoms with van der Waals surface area (Å²) < 4.78 is 1.62. The number of carbonyl (C=O) groups is 1. The maximum Gasteiger partial charge on any atom is 0.258 e. The van der Waals surface area contributed by atoms with Crippen LogP contribution in [0.2, 0.25) is 10.0 Å². The Morgan fingerprint density at radius 1 is 1.13 bits per heavy atom. The van der Waals surface area contributed by atoms with E-state index in [0.29, 0.717) is 21.3 Å². The molecule has 0 saturated carbocycles. The predicted molar refractivity (Wildman–Crippen MR) is 92.7 cm³/mol. The smallest absolute Gasteiger partial charge is 0.258 e. The summed E-state index contributed by atoms with van der Waals surface area (Å²) >= 11 is 11.9. The first kappa shape index (κ1) is 15.6. The van der Waals surface area contributed by atoms with E-state index >= 15 is 0 Å². The molecule has 3 aromatic rings. The normalized spacial score (nSPS) is 10.6. The van der Waals surface area contributed by atoms with Gasteiger partial charge in [0.2, 0.25) is 0 Å². The molecular formula is C17H13Cl2N3O. The van der Waals surface area contributed by atoms with Gasteiger partial charge in [0.05, 0.1) is 17.4 Å². The first-order valence-corrected chi connectivity index (χ1v) is 7.67. The van der Waals surface area contributed by atoms with Crippen molar-refractivity contribution in [2.75, 3.05) is 5.32 Å². The van der Waals surface area contributed by atoms with Crippen LogP contribution < -0.4 is 5.32 Å². The van der Waals surface area contributed by atoms with Crippen LogP contribution in [0.4, 0.5) is 5.69 Å². The highest BCUT2D eigenvalue weighted by atomic mass is 35.5. The molecule has 0 aliphatic carbocycles. The van der Waals surface area contributed by atoms with E-state index in [1.165, 1.54) is 6.20 Å². The molecule has 4 nitrogen and oxygen atoms in total. The molecule has 23 heavy (non-hydrogen) atoms. The molecule has 0 unspecified atom stereocenters. The Kier molecular flexibility index (Phi) is 4.37. The van der Waals surface area contributed by atoms with Crippen molar-refractivity contribution < 1.29 is 4.79 Å². The lowest BCUT2D eigenvalue weighted by Gasteiger charge is -2.08. The molecule has 0 saturated heterocycles. The topological polar surface area (TPSA) is 46.9 Å². The zero-order valence-electron chi connectivity index (χ0n) is 12.3. The van der Waals surface area contributed by atoms with Crippen LogP contribution in [0.25, 0.3) is 5.69 Å². The minimum Gasteiger partial charge on any atom is -0.322 e. The number of hydrogen-bond acceptors (Lipinski definition) is 2. The van der Waals surface area contributed by atoms with Gasteiger partial charge < -0.3 is 5.32 Å². The van der Waals surface area contributed by atoms with Gasteiger partial charge in [-0.15, -0.1) is 0 Å². The van der Waals surface area contributed by atoms with E-state index < -0.39 is 0 Å². The van der Waals surface area contributed by atoms with Gasteiger partial charge in [-0.05, 0) is 48.9 Å². The van der Waals surface area contributed by atoms with Crippen LogP contribution in [-0.2, 0) is 0 Å². The summed E-state index contributed by atoms with van der Waals surface area (Å²) in [5.74, 6) is -0.240. The van der Waals surface area contributed by atoms with Crippen molar-refractivity contribution in [2.24, 2.45) is 0 Å². The van der Waals surface area contributed by atoms with Crippen molar-refractivity contribution in [3.63, 3.8) is 0 Å². The van der Waals surface area contributed by atoms with E-state index in [-0.39, 0.29) is 5.91 Å². The minimum absolute atomic E-state index is 0.240. The van der Waals surface area contributed by atoms with Gasteiger partial charge in [0.1, 0.15) is 0 Å². The molecule has 0 radical (unpaired) electrons. The fraction of sp³-hybridized carbons (Fsp3) is 0.0588. The second-order valence-electron chi connectivity index (χ2n) is 5.02. The molecule has 0 atom stereocenters. The summed E-state index contributed by atoms with van der Waals surface area (Å²) in [6.07, 6.45) is 3.18. The number of anilines is 1. The maximum absolute atomic E-state index is 12.3. The summed E-state index contributed by atoms with van der Waals surface area (Å²) in [6.45, 7) is 1.86. The van der Waals surface area contributed by atoms with Crippen LogP contribution in [0.5, 0.6) is 0 Å². The third-order valence-electron chi connectivity index (χ3n) is 3.45. The largest absolute Gasteiger partial charge is 0.322 e. The van der Waals surface area contributed by atoms with E-state index in [2.05, 4.69) is 10.4 Å². The zero-order valence-corrected chi connectivity index (χ0v) is 13.8. The lowest BCUT2D eigenvalue weighted by Crippen LogP contribution is -2.12. The van der Waals surface area contributed by atoms with Crippen molar-refractivity contribution in [1.29, 1.82) is 0 Å². The number of aromatic nitrogens is 2. The van der Waals surface area contributed by atoms with Crippen molar-refractivity contribution in [2.45, 2.75) is 6.92 Å². The Morgan fingerprint density at radius 3 is 2.61 bits per heavy atom. The maximum atomic E-state index is 12.3. The van der Waals surface area contributed by atoms with Gasteiger partial charge in [-0.1, -0.05) is 29.3 Å². The molecule has 3 rings (SSSR count). The number of rotatable bonds is 3. The highest BCUT2D eigenvalue weighted by Crippen LogP contribution is 2.23. The van der Waals surface area contributed by atoms with E-state index in [1.54, 1.807) is 35.1 Å². The third kappa shape index (κ3) is 3.38. The quantitative estimate of drug-likeness (QED) is 0.745. The first-order chi connectivity index (χ1) is 11.0. The number of amides is 1. The Labute approximate surface area is 143 Å². The zero-order chi connectivity index (χ0) is 16.4. The van der Waals surface area contributed by atoms with Crippen LogP contribution in [-0.4, -0.2) is 15.7 Å². The Morgan fingerprint density at radius 2 is 1.87 bits per heavy atom. The lowest BCUT2D eigenvalue weighted by molar-refractivity contribution is 0.102. The molecule has 0 spiro atoms. The van der Waals surface area contributed by atoms with Gasteiger partial charge in [0.25, 0.3) is 5.91 Å². The molecule has 0 aliphatic heterocycles. The summed E-state index contributed by atoms with van der Waals surface area (Å²) in [5.41, 5.74) is 2.79. The van der Waals surface area contributed by atoms with Gasteiger partial charge in [-0.25, -0.2) is 4.68 Å². The number of benzene rings is 2. The molecule has 0 aliphatic rings. The molecule has 1 aromatic heterocycles. The predicted octanol–water partition coefficient (Wildman–Crippen LogP) is 4.74. The first-order valence-electron chi connectivity index (χ1n) is 6.91. The number of halogens is 2. The fourth-order valence-corrected chi connectivity index (χ4v) is 2.41. The summed E-state index contributed by atoms with van der Waals surface area (Å²) in [6, 6.07) is 12.6. The van der Waals surface area contributed by atoms with Gasteiger partial charge in [-0.3, -0.25) is 4.79 Å². The SMILES string of the molecule is Cc1c(Cl)cccc1NC(=O)c1cnn(-c2ccc(Cl)cc2)c1. The molecule has 1 heterocycles. The van der Waals surface area contributed by atoms with Crippen LogP contribution in [0.3, 0.4) is 0 Å². The van der Waals surface area contributed by atoms with Crippen LogP contribution in [0.1, 0.15) is 15.9 Å². The Hall–Kier alpha value is -2.30. The van der Waals surface area contributed by atoms with Crippen LogP contribution in [0.15, 0.2) is 54.9 Å². The Bertz CT molecular complexity index is 857. The molecular weight excluding hydrogens is 333 g/mol. The highest BCUT2D eigenvalue weighted by Gasteiger charge is 2.12. The second-order valence-corrected chi connectivity index (χ2v) is 5.86. The minimum atomic E-state index is -0.240. The second kappa shape index (κ2) is 6.44. The number of nitrogens with one attached hydrogen (secondary N) is 1. The summed E-state index contributed by atoms with van der Waals surface area (Å²) in [4.78, 5) is 12.3. The standard InChI is InChI=1S/C17H13Cl2N3O/c1-11-15(19)3-2-4-16(11)21-17(23)12-9-20-22(10-12)14-7-5-13(18)6-8-14/h2-10H,1H3,(H,21,23). The summed E-state index contributed by atoms with van der Waals surface area (Å²) in [5, 5.41) is 8.31. The van der Waals surface area contributed by atoms with Gasteiger partial charge in [0, 0.05) is 21.9 Å². The molecule has 0 fully saturated rings. The highest BCUT2D eigenvalue weighted by molar-refractivity contribution is 6.31. The van der Waals surface area contributed by atoms with E-state index in [9.17, 15) is 4.79 Å². The average molecular weight is 346 g/mol. The van der Waals surface area contributed by atoms with Crippen molar-refractivity contribution >= 4 is 34.8 Å².